The number of amides is 1. The van der Waals surface area contributed by atoms with E-state index in [0.29, 0.717) is 38.4 Å². The summed E-state index contributed by atoms with van der Waals surface area (Å²) in [5.74, 6) is -0.880. The van der Waals surface area contributed by atoms with Crippen molar-refractivity contribution in [1.29, 1.82) is 0 Å². The first-order chi connectivity index (χ1) is 18.4. The first-order valence-electron chi connectivity index (χ1n) is 11.6. The molecular weight excluding hydrogens is 646 g/mol. The fraction of sp³-hybridized carbons (Fsp3) is 0.375. The van der Waals surface area contributed by atoms with Crippen LogP contribution in [-0.2, 0) is 23.9 Å². The number of nitro benzene ring substituents is 1. The molecule has 39 heavy (non-hydrogen) atoms. The summed E-state index contributed by atoms with van der Waals surface area (Å²) in [5.41, 5.74) is 1.22. The van der Waals surface area contributed by atoms with Crippen molar-refractivity contribution in [3.05, 3.63) is 43.3 Å². The summed E-state index contributed by atoms with van der Waals surface area (Å²) in [5, 5.41) is 22.4. The van der Waals surface area contributed by atoms with Crippen molar-refractivity contribution in [3.8, 4) is 5.75 Å². The van der Waals surface area contributed by atoms with E-state index in [2.05, 4.69) is 47.4 Å². The summed E-state index contributed by atoms with van der Waals surface area (Å²) in [6.07, 6.45) is 0. The van der Waals surface area contributed by atoms with Crippen LogP contribution in [0.15, 0.2) is 43.4 Å². The number of hydrogen-bond acceptors (Lipinski definition) is 11. The van der Waals surface area contributed by atoms with Crippen molar-refractivity contribution in [3.63, 3.8) is 0 Å². The van der Waals surface area contributed by atoms with Gasteiger partial charge in [0, 0.05) is 39.0 Å². The molecule has 0 atom stereocenters. The number of anilines is 2. The van der Waals surface area contributed by atoms with Gasteiger partial charge in [-0.25, -0.2) is 0 Å². The summed E-state index contributed by atoms with van der Waals surface area (Å²) in [4.78, 5) is 47.0. The van der Waals surface area contributed by atoms with E-state index in [-0.39, 0.29) is 43.6 Å². The molecule has 1 N–H and O–H groups in total. The standard InChI is InChI=1S/C24H27Br2N5O8/c1-5-37-23-13-21(28-29-24-18(25)10-17(31(35)36)11-19(24)26)20(27-14(2)32)12-22(23)30(6-8-38-15(3)33)7-9-39-16(4)34/h10-13H,5-9H2,1-4H3,(H,27,32). The molecule has 2 aromatic rings. The predicted octanol–water partition coefficient (Wildman–Crippen LogP) is 5.82. The predicted molar refractivity (Wildman–Crippen MR) is 150 cm³/mol. The zero-order chi connectivity index (χ0) is 29.1. The van der Waals surface area contributed by atoms with Gasteiger partial charge in [-0.1, -0.05) is 0 Å². The molecule has 0 aliphatic carbocycles. The number of esters is 2. The second-order valence-corrected chi connectivity index (χ2v) is 9.54. The largest absolute Gasteiger partial charge is 0.492 e. The number of nitrogens with zero attached hydrogens (tertiary/aromatic N) is 4. The second-order valence-electron chi connectivity index (χ2n) is 7.83. The van der Waals surface area contributed by atoms with Gasteiger partial charge in [0.1, 0.15) is 30.3 Å². The van der Waals surface area contributed by atoms with Crippen LogP contribution < -0.4 is 15.0 Å². The van der Waals surface area contributed by atoms with Crippen molar-refractivity contribution in [2.45, 2.75) is 27.7 Å². The Bertz CT molecular complexity index is 1230. The second kappa shape index (κ2) is 15.1. The number of non-ortho nitro benzene ring substituents is 1. The molecular formula is C24H27Br2N5O8. The molecule has 15 heteroatoms. The van der Waals surface area contributed by atoms with Crippen LogP contribution in [0.3, 0.4) is 0 Å². The summed E-state index contributed by atoms with van der Waals surface area (Å²) < 4.78 is 16.7. The maximum atomic E-state index is 12.0. The monoisotopic (exact) mass is 671 g/mol. The first-order valence-corrected chi connectivity index (χ1v) is 13.2. The fourth-order valence-electron chi connectivity index (χ4n) is 3.26. The Morgan fingerprint density at radius 2 is 1.54 bits per heavy atom. The highest BCUT2D eigenvalue weighted by Gasteiger charge is 2.19. The Morgan fingerprint density at radius 3 is 2.00 bits per heavy atom. The van der Waals surface area contributed by atoms with Gasteiger partial charge in [-0.2, -0.15) is 0 Å². The van der Waals surface area contributed by atoms with Gasteiger partial charge in [-0.05, 0) is 44.8 Å². The van der Waals surface area contributed by atoms with Crippen LogP contribution in [0.1, 0.15) is 27.7 Å². The van der Waals surface area contributed by atoms with Crippen LogP contribution in [-0.4, -0.2) is 55.7 Å². The molecule has 1 amide bonds. The molecule has 0 saturated carbocycles. The van der Waals surface area contributed by atoms with E-state index < -0.39 is 16.9 Å². The van der Waals surface area contributed by atoms with Crippen LogP contribution in [0.2, 0.25) is 0 Å². The number of rotatable bonds is 13. The minimum absolute atomic E-state index is 0.0557. The van der Waals surface area contributed by atoms with E-state index in [4.69, 9.17) is 14.2 Å². The number of carbonyl (C=O) groups is 3. The Kier molecular flexibility index (Phi) is 12.3. The zero-order valence-electron chi connectivity index (χ0n) is 21.7. The molecule has 0 heterocycles. The topological polar surface area (TPSA) is 162 Å². The third-order valence-electron chi connectivity index (χ3n) is 4.83. The van der Waals surface area contributed by atoms with Gasteiger partial charge in [0.2, 0.25) is 5.91 Å². The van der Waals surface area contributed by atoms with Crippen LogP contribution in [0.5, 0.6) is 5.75 Å². The number of hydrogen-bond donors (Lipinski definition) is 1. The third kappa shape index (κ3) is 9.90. The molecule has 0 aliphatic rings. The maximum Gasteiger partial charge on any atom is 0.302 e. The lowest BCUT2D eigenvalue weighted by molar-refractivity contribution is -0.385. The average molecular weight is 673 g/mol. The number of nitro groups is 1. The SMILES string of the molecule is CCOc1cc(N=Nc2c(Br)cc([N+](=O)[O-])cc2Br)c(NC(C)=O)cc1N(CCOC(C)=O)CCOC(C)=O. The van der Waals surface area contributed by atoms with E-state index in [1.165, 1.54) is 32.9 Å². The lowest BCUT2D eigenvalue weighted by Gasteiger charge is -2.27. The summed E-state index contributed by atoms with van der Waals surface area (Å²) in [6, 6.07) is 5.80. The van der Waals surface area contributed by atoms with E-state index in [1.54, 1.807) is 24.0 Å². The third-order valence-corrected chi connectivity index (χ3v) is 6.04. The fourth-order valence-corrected chi connectivity index (χ4v) is 4.58. The normalized spacial score (nSPS) is 10.7. The number of ether oxygens (including phenoxy) is 3. The maximum absolute atomic E-state index is 12.0. The van der Waals surface area contributed by atoms with Crippen molar-refractivity contribution < 1.29 is 33.5 Å². The van der Waals surface area contributed by atoms with Crippen LogP contribution in [0.4, 0.5) is 28.4 Å². The molecule has 0 aromatic heterocycles. The summed E-state index contributed by atoms with van der Waals surface area (Å²) in [7, 11) is 0. The van der Waals surface area contributed by atoms with Gasteiger partial charge < -0.3 is 24.4 Å². The van der Waals surface area contributed by atoms with Gasteiger partial charge in [0.15, 0.2) is 0 Å². The molecule has 0 radical (unpaired) electrons. The van der Waals surface area contributed by atoms with E-state index in [9.17, 15) is 24.5 Å². The molecule has 0 fully saturated rings. The highest BCUT2D eigenvalue weighted by atomic mass is 79.9. The Hall–Kier alpha value is -3.59. The lowest BCUT2D eigenvalue weighted by Crippen LogP contribution is -2.32. The minimum Gasteiger partial charge on any atom is -0.492 e. The van der Waals surface area contributed by atoms with Gasteiger partial charge in [-0.15, -0.1) is 10.2 Å². The van der Waals surface area contributed by atoms with E-state index in [0.717, 1.165) is 0 Å². The Balaban J connectivity index is 2.58. The number of azo groups is 1. The van der Waals surface area contributed by atoms with E-state index in [1.807, 2.05) is 0 Å². The molecule has 0 spiro atoms. The first kappa shape index (κ1) is 31.6. The van der Waals surface area contributed by atoms with Gasteiger partial charge in [0.25, 0.3) is 5.69 Å². The summed E-state index contributed by atoms with van der Waals surface area (Å²) >= 11 is 6.55. The number of nitrogens with one attached hydrogen (secondary N) is 1. The Labute approximate surface area is 241 Å². The molecule has 0 unspecified atom stereocenters. The Morgan fingerprint density at radius 1 is 0.974 bits per heavy atom. The van der Waals surface area contributed by atoms with Crippen LogP contribution in [0, 0.1) is 10.1 Å². The minimum atomic E-state index is -0.535. The van der Waals surface area contributed by atoms with Crippen LogP contribution in [0.25, 0.3) is 0 Å². The molecule has 0 saturated heterocycles. The molecule has 2 rings (SSSR count). The molecule has 2 aromatic carbocycles. The highest BCUT2D eigenvalue weighted by molar-refractivity contribution is 9.11. The average Bonchev–Trinajstić information content (AvgIpc) is 2.83. The quantitative estimate of drug-likeness (QED) is 0.119. The highest BCUT2D eigenvalue weighted by Crippen LogP contribution is 2.42. The molecule has 13 nitrogen and oxygen atoms in total. The summed E-state index contributed by atoms with van der Waals surface area (Å²) in [6.45, 7) is 6.61. The van der Waals surface area contributed by atoms with Crippen molar-refractivity contribution in [2.75, 3.05) is 43.1 Å². The van der Waals surface area contributed by atoms with Gasteiger partial charge in [0.05, 0.1) is 44.9 Å². The van der Waals surface area contributed by atoms with Gasteiger partial charge >= 0.3 is 11.9 Å². The number of carbonyl (C=O) groups excluding carboxylic acids is 3. The number of benzene rings is 2. The number of halogens is 2. The zero-order valence-corrected chi connectivity index (χ0v) is 24.8. The molecule has 0 aliphatic heterocycles. The van der Waals surface area contributed by atoms with Crippen molar-refractivity contribution in [2.24, 2.45) is 10.2 Å². The smallest absolute Gasteiger partial charge is 0.302 e. The van der Waals surface area contributed by atoms with E-state index >= 15 is 0 Å². The van der Waals surface area contributed by atoms with Crippen molar-refractivity contribution in [1.82, 2.24) is 0 Å². The van der Waals surface area contributed by atoms with Gasteiger partial charge in [-0.3, -0.25) is 24.5 Å². The van der Waals surface area contributed by atoms with Crippen molar-refractivity contribution >= 4 is 78.1 Å². The lowest BCUT2D eigenvalue weighted by atomic mass is 10.2. The molecule has 0 bridgehead atoms. The molecule has 210 valence electrons. The van der Waals surface area contributed by atoms with Crippen LogP contribution >= 0.6 is 31.9 Å².